The van der Waals surface area contributed by atoms with E-state index in [1.807, 2.05) is 0 Å². The Morgan fingerprint density at radius 3 is 2.83 bits per heavy atom. The number of nitro groups is 1. The summed E-state index contributed by atoms with van der Waals surface area (Å²) >= 11 is 1.27. The van der Waals surface area contributed by atoms with Gasteiger partial charge in [-0.05, 0) is 29.8 Å². The number of hydrogen-bond donors (Lipinski definition) is 1. The largest absolute Gasteiger partial charge is 0.326 e. The smallest absolute Gasteiger partial charge is 0.272 e. The molecule has 0 spiro atoms. The van der Waals surface area contributed by atoms with Crippen LogP contribution in [0.4, 0.5) is 11.4 Å². The number of non-ortho nitro benzene ring substituents is 1. The maximum Gasteiger partial charge on any atom is 0.272 e. The molecule has 1 heterocycles. The molecular weight excluding hydrogens is 404 g/mol. The Morgan fingerprint density at radius 1 is 1.33 bits per heavy atom. The number of nitrogens with one attached hydrogen (secondary N) is 1. The molecule has 0 aliphatic carbocycles. The van der Waals surface area contributed by atoms with E-state index in [4.69, 9.17) is 6.42 Å². The number of amides is 2. The molecule has 2 aromatic carbocycles. The van der Waals surface area contributed by atoms with E-state index in [0.29, 0.717) is 16.1 Å². The van der Waals surface area contributed by atoms with Gasteiger partial charge in [0.25, 0.3) is 11.6 Å². The normalized spacial score (nSPS) is 11.5. The molecule has 9 heteroatoms. The quantitative estimate of drug-likeness (QED) is 0.296. The van der Waals surface area contributed by atoms with Crippen molar-refractivity contribution in [2.75, 3.05) is 5.32 Å². The molecule has 0 radical (unpaired) electrons. The van der Waals surface area contributed by atoms with Crippen LogP contribution in [0.3, 0.4) is 0 Å². The summed E-state index contributed by atoms with van der Waals surface area (Å²) in [6.07, 6.45) is 8.17. The van der Waals surface area contributed by atoms with Crippen molar-refractivity contribution in [1.82, 2.24) is 4.57 Å². The fourth-order valence-electron chi connectivity index (χ4n) is 2.72. The number of rotatable bonds is 5. The maximum absolute atomic E-state index is 12.3. The van der Waals surface area contributed by atoms with Gasteiger partial charge in [0.05, 0.1) is 21.7 Å². The molecule has 0 aliphatic rings. The third-order valence-electron chi connectivity index (χ3n) is 3.96. The first-order valence-corrected chi connectivity index (χ1v) is 9.54. The van der Waals surface area contributed by atoms with Crippen LogP contribution < -0.4 is 10.1 Å². The van der Waals surface area contributed by atoms with Crippen LogP contribution in [0, 0.1) is 22.5 Å². The molecular formula is C21H16N4O4S. The van der Waals surface area contributed by atoms with Crippen LogP contribution in [-0.2, 0) is 16.1 Å². The van der Waals surface area contributed by atoms with Gasteiger partial charge in [-0.1, -0.05) is 29.4 Å². The van der Waals surface area contributed by atoms with Crippen molar-refractivity contribution < 1.29 is 14.5 Å². The number of benzene rings is 2. The molecule has 1 N–H and O–H groups in total. The number of nitro benzene ring substituents is 1. The number of nitrogens with zero attached hydrogens (tertiary/aromatic N) is 3. The summed E-state index contributed by atoms with van der Waals surface area (Å²) in [7, 11) is 0. The molecule has 0 saturated heterocycles. The number of terminal acetylenes is 1. The Morgan fingerprint density at radius 2 is 2.13 bits per heavy atom. The van der Waals surface area contributed by atoms with Crippen molar-refractivity contribution in [1.29, 1.82) is 0 Å². The molecule has 3 aromatic rings. The highest BCUT2D eigenvalue weighted by Crippen LogP contribution is 2.22. The maximum atomic E-state index is 12.3. The van der Waals surface area contributed by atoms with Crippen LogP contribution in [-0.4, -0.2) is 21.3 Å². The van der Waals surface area contributed by atoms with Gasteiger partial charge in [-0.2, -0.15) is 4.99 Å². The van der Waals surface area contributed by atoms with E-state index in [1.165, 1.54) is 42.5 Å². The van der Waals surface area contributed by atoms with Gasteiger partial charge < -0.3 is 9.88 Å². The minimum absolute atomic E-state index is 0.0621. The lowest BCUT2D eigenvalue weighted by atomic mass is 10.2. The summed E-state index contributed by atoms with van der Waals surface area (Å²) in [6.45, 7) is 1.64. The Hall–Kier alpha value is -4.03. The molecule has 150 valence electrons. The molecule has 0 fully saturated rings. The van der Waals surface area contributed by atoms with Crippen molar-refractivity contribution in [3.8, 4) is 12.3 Å². The number of fused-ring (bicyclic) bond motifs is 1. The van der Waals surface area contributed by atoms with Crippen molar-refractivity contribution in [3.63, 3.8) is 0 Å². The third-order valence-corrected chi connectivity index (χ3v) is 5.00. The first-order chi connectivity index (χ1) is 14.4. The summed E-state index contributed by atoms with van der Waals surface area (Å²) in [5.74, 6) is 1.83. The standard InChI is InChI=1S/C21H16N4O4S/c1-3-11-24-18-9-8-16(22-14(2)26)13-19(18)30-21(24)23-20(27)10-7-15-5-4-6-17(12-15)25(28)29/h1,4-10,12-13H,11H2,2H3,(H,22,26)/b10-7+,23-21?. The van der Waals surface area contributed by atoms with Gasteiger partial charge in [0.1, 0.15) is 0 Å². The van der Waals surface area contributed by atoms with Gasteiger partial charge in [-0.25, -0.2) is 0 Å². The molecule has 0 unspecified atom stereocenters. The van der Waals surface area contributed by atoms with Crippen LogP contribution in [0.1, 0.15) is 12.5 Å². The number of hydrogen-bond acceptors (Lipinski definition) is 5. The van der Waals surface area contributed by atoms with Crippen LogP contribution in [0.5, 0.6) is 0 Å². The monoisotopic (exact) mass is 420 g/mol. The summed E-state index contributed by atoms with van der Waals surface area (Å²) in [5, 5.41) is 13.6. The predicted octanol–water partition coefficient (Wildman–Crippen LogP) is 3.34. The van der Waals surface area contributed by atoms with Gasteiger partial charge in [-0.15, -0.1) is 6.42 Å². The lowest BCUT2D eigenvalue weighted by molar-refractivity contribution is -0.384. The van der Waals surface area contributed by atoms with E-state index >= 15 is 0 Å². The Bertz CT molecular complexity index is 1290. The second-order valence-electron chi connectivity index (χ2n) is 6.17. The Kier molecular flexibility index (Phi) is 6.20. The number of thiazole rings is 1. The number of carbonyl (C=O) groups is 2. The van der Waals surface area contributed by atoms with Crippen LogP contribution in [0.15, 0.2) is 53.5 Å². The molecule has 30 heavy (non-hydrogen) atoms. The lowest BCUT2D eigenvalue weighted by Crippen LogP contribution is -2.15. The molecule has 3 rings (SSSR count). The minimum Gasteiger partial charge on any atom is -0.326 e. The second kappa shape index (κ2) is 8.98. The van der Waals surface area contributed by atoms with E-state index < -0.39 is 10.8 Å². The first-order valence-electron chi connectivity index (χ1n) is 8.73. The van der Waals surface area contributed by atoms with E-state index in [-0.39, 0.29) is 18.1 Å². The zero-order chi connectivity index (χ0) is 21.7. The lowest BCUT2D eigenvalue weighted by Gasteiger charge is -2.03. The molecule has 0 bridgehead atoms. The average molecular weight is 420 g/mol. The summed E-state index contributed by atoms with van der Waals surface area (Å²) in [5.41, 5.74) is 1.88. The summed E-state index contributed by atoms with van der Waals surface area (Å²) in [6, 6.07) is 11.3. The zero-order valence-corrected chi connectivity index (χ0v) is 16.7. The van der Waals surface area contributed by atoms with Gasteiger partial charge in [0.2, 0.25) is 5.91 Å². The van der Waals surface area contributed by atoms with Gasteiger partial charge in [-0.3, -0.25) is 19.7 Å². The number of anilines is 1. The van der Waals surface area contributed by atoms with Gasteiger partial charge >= 0.3 is 0 Å². The molecule has 8 nitrogen and oxygen atoms in total. The van der Waals surface area contributed by atoms with E-state index in [2.05, 4.69) is 16.2 Å². The highest BCUT2D eigenvalue weighted by atomic mass is 32.1. The topological polar surface area (TPSA) is 107 Å². The average Bonchev–Trinajstić information content (AvgIpc) is 3.02. The van der Waals surface area contributed by atoms with Crippen molar-refractivity contribution in [3.05, 3.63) is 69.0 Å². The number of carbonyl (C=O) groups excluding carboxylic acids is 2. The van der Waals surface area contributed by atoms with Gasteiger partial charge in [0.15, 0.2) is 4.80 Å². The third kappa shape index (κ3) is 4.87. The molecule has 0 saturated carbocycles. The summed E-state index contributed by atoms with van der Waals surface area (Å²) < 4.78 is 2.54. The minimum atomic E-state index is -0.527. The Balaban J connectivity index is 1.95. The summed E-state index contributed by atoms with van der Waals surface area (Å²) in [4.78, 5) is 38.5. The highest BCUT2D eigenvalue weighted by molar-refractivity contribution is 7.16. The molecule has 0 atom stereocenters. The Labute approximate surface area is 175 Å². The van der Waals surface area contributed by atoms with Gasteiger partial charge in [0, 0.05) is 30.8 Å². The second-order valence-corrected chi connectivity index (χ2v) is 7.18. The van der Waals surface area contributed by atoms with Crippen molar-refractivity contribution in [2.24, 2.45) is 4.99 Å². The van der Waals surface area contributed by atoms with E-state index in [0.717, 1.165) is 10.2 Å². The number of aromatic nitrogens is 1. The first kappa shape index (κ1) is 20.7. The fraction of sp³-hybridized carbons (Fsp3) is 0.0952. The predicted molar refractivity (Wildman–Crippen MR) is 116 cm³/mol. The van der Waals surface area contributed by atoms with E-state index in [9.17, 15) is 19.7 Å². The van der Waals surface area contributed by atoms with Crippen LogP contribution >= 0.6 is 11.3 Å². The SMILES string of the molecule is C#CCn1c(=NC(=O)/C=C/c2cccc([N+](=O)[O-])c2)sc2cc(NC(C)=O)ccc21. The van der Waals surface area contributed by atoms with Crippen molar-refractivity contribution in [2.45, 2.75) is 13.5 Å². The fourth-order valence-corrected chi connectivity index (χ4v) is 3.80. The zero-order valence-electron chi connectivity index (χ0n) is 15.9. The van der Waals surface area contributed by atoms with Crippen molar-refractivity contribution >= 4 is 50.8 Å². The van der Waals surface area contributed by atoms with E-state index in [1.54, 1.807) is 34.9 Å². The molecule has 2 amide bonds. The highest BCUT2D eigenvalue weighted by Gasteiger charge is 2.08. The molecule has 0 aliphatic heterocycles. The van der Waals surface area contributed by atoms with Crippen LogP contribution in [0.2, 0.25) is 0 Å². The molecule has 1 aromatic heterocycles. The van der Waals surface area contributed by atoms with Crippen LogP contribution in [0.25, 0.3) is 16.3 Å².